The van der Waals surface area contributed by atoms with Crippen molar-refractivity contribution in [2.75, 3.05) is 0 Å². The van der Waals surface area contributed by atoms with Crippen LogP contribution in [0.15, 0.2) is 23.4 Å². The van der Waals surface area contributed by atoms with Crippen molar-refractivity contribution in [2.45, 2.75) is 40.5 Å². The van der Waals surface area contributed by atoms with Gasteiger partial charge >= 0.3 is 0 Å². The van der Waals surface area contributed by atoms with Crippen molar-refractivity contribution < 1.29 is 0 Å². The Morgan fingerprint density at radius 1 is 1.33 bits per heavy atom. The second kappa shape index (κ2) is 5.87. The monoisotopic (exact) mass is 167 g/mol. The Morgan fingerprint density at radius 2 is 1.92 bits per heavy atom. The SMILES string of the molecule is CCC/C(=C\C=C(\C)N)C(C)C. The summed E-state index contributed by atoms with van der Waals surface area (Å²) >= 11 is 0. The van der Waals surface area contributed by atoms with Gasteiger partial charge in [0.1, 0.15) is 0 Å². The first-order chi connectivity index (χ1) is 5.57. The van der Waals surface area contributed by atoms with Crippen LogP contribution in [-0.4, -0.2) is 0 Å². The third-order valence-electron chi connectivity index (χ3n) is 1.84. The summed E-state index contributed by atoms with van der Waals surface area (Å²) in [6.45, 7) is 8.57. The Hall–Kier alpha value is -0.720. The normalized spacial score (nSPS) is 14.1. The summed E-state index contributed by atoms with van der Waals surface area (Å²) in [5.74, 6) is 0.639. The third kappa shape index (κ3) is 5.00. The highest BCUT2D eigenvalue weighted by atomic mass is 14.5. The first-order valence-corrected chi connectivity index (χ1v) is 4.70. The quantitative estimate of drug-likeness (QED) is 0.639. The smallest absolute Gasteiger partial charge is 0.00488 e. The Kier molecular flexibility index (Phi) is 5.52. The molecule has 0 aromatic carbocycles. The minimum Gasteiger partial charge on any atom is -0.402 e. The van der Waals surface area contributed by atoms with Crippen molar-refractivity contribution >= 4 is 0 Å². The molecule has 70 valence electrons. The maximum Gasteiger partial charge on any atom is 0.00488 e. The Morgan fingerprint density at radius 3 is 2.25 bits per heavy atom. The fourth-order valence-electron chi connectivity index (χ4n) is 1.09. The van der Waals surface area contributed by atoms with Crippen LogP contribution in [0.2, 0.25) is 0 Å². The number of hydrogen-bond donors (Lipinski definition) is 1. The van der Waals surface area contributed by atoms with Crippen molar-refractivity contribution in [1.82, 2.24) is 0 Å². The van der Waals surface area contributed by atoms with E-state index in [1.54, 1.807) is 0 Å². The van der Waals surface area contributed by atoms with Crippen molar-refractivity contribution in [3.8, 4) is 0 Å². The lowest BCUT2D eigenvalue weighted by atomic mass is 9.98. The summed E-state index contributed by atoms with van der Waals surface area (Å²) in [7, 11) is 0. The standard InChI is InChI=1S/C11H21N/c1-5-6-11(9(2)3)8-7-10(4)12/h7-9H,5-6,12H2,1-4H3/b10-7-,11-8+. The maximum atomic E-state index is 5.55. The van der Waals surface area contributed by atoms with Gasteiger partial charge in [-0.25, -0.2) is 0 Å². The highest BCUT2D eigenvalue weighted by Crippen LogP contribution is 2.15. The van der Waals surface area contributed by atoms with Gasteiger partial charge in [0.25, 0.3) is 0 Å². The van der Waals surface area contributed by atoms with Crippen molar-refractivity contribution in [2.24, 2.45) is 11.7 Å². The van der Waals surface area contributed by atoms with Crippen LogP contribution in [-0.2, 0) is 0 Å². The topological polar surface area (TPSA) is 26.0 Å². The largest absolute Gasteiger partial charge is 0.402 e. The van der Waals surface area contributed by atoms with Crippen LogP contribution < -0.4 is 5.73 Å². The van der Waals surface area contributed by atoms with Crippen LogP contribution in [0.3, 0.4) is 0 Å². The number of hydrogen-bond acceptors (Lipinski definition) is 1. The lowest BCUT2D eigenvalue weighted by molar-refractivity contribution is 0.702. The van der Waals surface area contributed by atoms with Gasteiger partial charge in [-0.1, -0.05) is 38.8 Å². The molecule has 12 heavy (non-hydrogen) atoms. The second-order valence-electron chi connectivity index (χ2n) is 3.56. The summed E-state index contributed by atoms with van der Waals surface area (Å²) in [6.07, 6.45) is 6.54. The molecule has 0 aliphatic carbocycles. The molecule has 0 aliphatic rings. The fourth-order valence-corrected chi connectivity index (χ4v) is 1.09. The van der Waals surface area contributed by atoms with Gasteiger partial charge in [-0.2, -0.15) is 0 Å². The molecule has 0 heterocycles. The van der Waals surface area contributed by atoms with Gasteiger partial charge in [-0.15, -0.1) is 0 Å². The molecular weight excluding hydrogens is 146 g/mol. The van der Waals surface area contributed by atoms with Crippen molar-refractivity contribution in [3.63, 3.8) is 0 Å². The van der Waals surface area contributed by atoms with Crippen LogP contribution >= 0.6 is 0 Å². The van der Waals surface area contributed by atoms with Crippen LogP contribution in [0.4, 0.5) is 0 Å². The van der Waals surface area contributed by atoms with Crippen molar-refractivity contribution in [3.05, 3.63) is 23.4 Å². The first kappa shape index (κ1) is 11.3. The summed E-state index contributed by atoms with van der Waals surface area (Å²) in [4.78, 5) is 0. The van der Waals surface area contributed by atoms with Crippen LogP contribution in [0.5, 0.6) is 0 Å². The maximum absolute atomic E-state index is 5.55. The van der Waals surface area contributed by atoms with E-state index in [4.69, 9.17) is 5.73 Å². The average Bonchev–Trinajstić information content (AvgIpc) is 1.96. The lowest BCUT2D eigenvalue weighted by Crippen LogP contribution is -1.94. The summed E-state index contributed by atoms with van der Waals surface area (Å²) in [5, 5.41) is 0. The van der Waals surface area contributed by atoms with E-state index in [-0.39, 0.29) is 0 Å². The molecule has 0 saturated carbocycles. The molecule has 0 fully saturated rings. The molecule has 0 spiro atoms. The Labute approximate surface area is 76.3 Å². The third-order valence-corrected chi connectivity index (χ3v) is 1.84. The van der Waals surface area contributed by atoms with E-state index in [0.717, 1.165) is 5.70 Å². The highest BCUT2D eigenvalue weighted by molar-refractivity contribution is 5.16. The minimum atomic E-state index is 0.639. The van der Waals surface area contributed by atoms with Crippen LogP contribution in [0.1, 0.15) is 40.5 Å². The molecule has 0 aliphatic heterocycles. The van der Waals surface area contributed by atoms with E-state index in [1.165, 1.54) is 18.4 Å². The molecule has 0 atom stereocenters. The molecule has 0 radical (unpaired) electrons. The predicted molar refractivity (Wildman–Crippen MR) is 55.8 cm³/mol. The van der Waals surface area contributed by atoms with Gasteiger partial charge in [0.2, 0.25) is 0 Å². The van der Waals surface area contributed by atoms with Gasteiger partial charge in [-0.3, -0.25) is 0 Å². The minimum absolute atomic E-state index is 0.639. The molecule has 1 nitrogen and oxygen atoms in total. The lowest BCUT2D eigenvalue weighted by Gasteiger charge is -2.08. The second-order valence-corrected chi connectivity index (χ2v) is 3.56. The van der Waals surface area contributed by atoms with Gasteiger partial charge < -0.3 is 5.73 Å². The molecule has 0 aromatic rings. The predicted octanol–water partition coefficient (Wildman–Crippen LogP) is 3.23. The van der Waals surface area contributed by atoms with E-state index < -0.39 is 0 Å². The van der Waals surface area contributed by atoms with Crippen molar-refractivity contribution in [1.29, 1.82) is 0 Å². The number of rotatable bonds is 4. The fraction of sp³-hybridized carbons (Fsp3) is 0.636. The molecular formula is C11H21N. The van der Waals surface area contributed by atoms with E-state index in [1.807, 2.05) is 13.0 Å². The number of allylic oxidation sites excluding steroid dienone is 4. The summed E-state index contributed by atoms with van der Waals surface area (Å²) < 4.78 is 0. The molecule has 0 unspecified atom stereocenters. The zero-order valence-electron chi connectivity index (χ0n) is 8.72. The van der Waals surface area contributed by atoms with Gasteiger partial charge in [0.05, 0.1) is 0 Å². The molecule has 1 heteroatoms. The molecule has 0 rings (SSSR count). The van der Waals surface area contributed by atoms with E-state index in [2.05, 4.69) is 26.8 Å². The summed E-state index contributed by atoms with van der Waals surface area (Å²) in [6, 6.07) is 0. The zero-order chi connectivity index (χ0) is 9.56. The van der Waals surface area contributed by atoms with Gasteiger partial charge in [-0.05, 0) is 25.3 Å². The molecule has 0 saturated heterocycles. The average molecular weight is 167 g/mol. The van der Waals surface area contributed by atoms with Crippen LogP contribution in [0, 0.1) is 5.92 Å². The first-order valence-electron chi connectivity index (χ1n) is 4.70. The van der Waals surface area contributed by atoms with Crippen LogP contribution in [0.25, 0.3) is 0 Å². The van der Waals surface area contributed by atoms with E-state index in [0.29, 0.717) is 5.92 Å². The Bertz CT molecular complexity index is 171. The number of nitrogens with two attached hydrogens (primary N) is 1. The molecule has 2 N–H and O–H groups in total. The molecule has 0 bridgehead atoms. The molecule has 0 amide bonds. The molecule has 0 aromatic heterocycles. The zero-order valence-corrected chi connectivity index (χ0v) is 8.72. The van der Waals surface area contributed by atoms with Gasteiger partial charge in [0.15, 0.2) is 0 Å². The Balaban J connectivity index is 4.28. The van der Waals surface area contributed by atoms with E-state index in [9.17, 15) is 0 Å². The van der Waals surface area contributed by atoms with Gasteiger partial charge in [0, 0.05) is 5.70 Å². The van der Waals surface area contributed by atoms with E-state index >= 15 is 0 Å². The summed E-state index contributed by atoms with van der Waals surface area (Å²) in [5.41, 5.74) is 7.92. The highest BCUT2D eigenvalue weighted by Gasteiger charge is 1.99.